The first kappa shape index (κ1) is 14.0. The molecule has 0 radical (unpaired) electrons. The molecule has 0 aliphatic heterocycles. The zero-order valence-corrected chi connectivity index (χ0v) is 12.4. The third-order valence-electron chi connectivity index (χ3n) is 3.53. The van der Waals surface area contributed by atoms with Crippen LogP contribution >= 0.6 is 0 Å². The van der Waals surface area contributed by atoms with Crippen molar-refractivity contribution in [3.05, 3.63) is 48.0 Å². The van der Waals surface area contributed by atoms with Gasteiger partial charge in [0, 0.05) is 16.6 Å². The van der Waals surface area contributed by atoms with Gasteiger partial charge in [-0.05, 0) is 49.4 Å². The van der Waals surface area contributed by atoms with Crippen molar-refractivity contribution < 1.29 is 9.84 Å². The van der Waals surface area contributed by atoms with E-state index in [4.69, 9.17) is 10.5 Å². The molecular formula is C17H17N3O2. The Hall–Kier alpha value is -2.95. The number of nitrogen functional groups attached to an aromatic ring is 1. The molecule has 112 valence electrons. The first-order valence-corrected chi connectivity index (χ1v) is 6.88. The molecule has 0 fully saturated rings. The predicted molar refractivity (Wildman–Crippen MR) is 89.2 cm³/mol. The molecule has 4 N–H and O–H groups in total. The Bertz CT molecular complexity index is 848. The Labute approximate surface area is 128 Å². The van der Waals surface area contributed by atoms with Crippen LogP contribution in [0.3, 0.4) is 0 Å². The van der Waals surface area contributed by atoms with E-state index in [-0.39, 0.29) is 5.88 Å². The average molecular weight is 295 g/mol. The number of aliphatic imine (C=N–C) groups is 1. The lowest BCUT2D eigenvalue weighted by Crippen LogP contribution is -1.94. The van der Waals surface area contributed by atoms with E-state index in [0.717, 1.165) is 22.3 Å². The third-order valence-corrected chi connectivity index (χ3v) is 3.53. The monoisotopic (exact) mass is 295 g/mol. The van der Waals surface area contributed by atoms with Gasteiger partial charge in [0.25, 0.3) is 0 Å². The number of hydrogen-bond acceptors (Lipinski definition) is 4. The highest BCUT2D eigenvalue weighted by Gasteiger charge is 2.13. The number of methoxy groups -OCH3 is 1. The van der Waals surface area contributed by atoms with Crippen LogP contribution in [-0.4, -0.2) is 22.9 Å². The van der Waals surface area contributed by atoms with Crippen molar-refractivity contribution in [3.63, 3.8) is 0 Å². The number of H-pyrrole nitrogens is 1. The van der Waals surface area contributed by atoms with Crippen LogP contribution in [0.1, 0.15) is 12.5 Å². The van der Waals surface area contributed by atoms with Crippen molar-refractivity contribution >= 4 is 28.0 Å². The molecule has 2 aromatic carbocycles. The van der Waals surface area contributed by atoms with Gasteiger partial charge in [-0.2, -0.15) is 0 Å². The van der Waals surface area contributed by atoms with Crippen LogP contribution in [-0.2, 0) is 0 Å². The summed E-state index contributed by atoms with van der Waals surface area (Å²) in [5, 5.41) is 11.0. The lowest BCUT2D eigenvalue weighted by atomic mass is 10.1. The predicted octanol–water partition coefficient (Wildman–Crippen LogP) is 3.61. The van der Waals surface area contributed by atoms with E-state index >= 15 is 0 Å². The van der Waals surface area contributed by atoms with E-state index in [0.29, 0.717) is 17.0 Å². The minimum atomic E-state index is 0.0929. The minimum Gasteiger partial charge on any atom is -0.497 e. The molecule has 0 aliphatic carbocycles. The molecule has 0 saturated carbocycles. The van der Waals surface area contributed by atoms with Crippen LogP contribution in [0, 0.1) is 0 Å². The number of anilines is 1. The molecule has 1 heterocycles. The molecule has 3 rings (SSSR count). The summed E-state index contributed by atoms with van der Waals surface area (Å²) < 4.78 is 5.13. The highest BCUT2D eigenvalue weighted by Crippen LogP contribution is 2.30. The minimum absolute atomic E-state index is 0.0929. The smallest absolute Gasteiger partial charge is 0.198 e. The highest BCUT2D eigenvalue weighted by molar-refractivity contribution is 6.13. The molecule has 0 aliphatic rings. The highest BCUT2D eigenvalue weighted by atomic mass is 16.5. The van der Waals surface area contributed by atoms with E-state index in [9.17, 15) is 5.11 Å². The molecule has 0 atom stereocenters. The summed E-state index contributed by atoms with van der Waals surface area (Å²) in [6.07, 6.45) is 0. The second-order valence-corrected chi connectivity index (χ2v) is 5.05. The van der Waals surface area contributed by atoms with E-state index in [1.54, 1.807) is 13.2 Å². The number of aromatic hydroxyl groups is 1. The lowest BCUT2D eigenvalue weighted by molar-refractivity contribution is 0.415. The van der Waals surface area contributed by atoms with Crippen LogP contribution in [0.25, 0.3) is 10.9 Å². The lowest BCUT2D eigenvalue weighted by Gasteiger charge is -2.03. The van der Waals surface area contributed by atoms with Gasteiger partial charge in [-0.3, -0.25) is 4.99 Å². The molecule has 1 aromatic heterocycles. The summed E-state index contributed by atoms with van der Waals surface area (Å²) in [4.78, 5) is 7.50. The zero-order valence-electron chi connectivity index (χ0n) is 12.4. The Balaban J connectivity index is 2.07. The summed E-state index contributed by atoms with van der Waals surface area (Å²) in [6.45, 7) is 1.86. The van der Waals surface area contributed by atoms with Gasteiger partial charge in [-0.15, -0.1) is 0 Å². The van der Waals surface area contributed by atoms with Crippen molar-refractivity contribution in [1.29, 1.82) is 0 Å². The maximum atomic E-state index is 10.2. The fourth-order valence-electron chi connectivity index (χ4n) is 2.47. The SMILES string of the molecule is COc1ccc(N=C(C)c2c(O)[nH]c3ccc(N)cc23)cc1. The summed E-state index contributed by atoms with van der Waals surface area (Å²) >= 11 is 0. The van der Waals surface area contributed by atoms with Gasteiger partial charge in [0.05, 0.1) is 24.1 Å². The van der Waals surface area contributed by atoms with Crippen LogP contribution in [0.2, 0.25) is 0 Å². The number of rotatable bonds is 3. The Morgan fingerprint density at radius 2 is 1.91 bits per heavy atom. The molecule has 3 aromatic rings. The number of nitrogens with zero attached hydrogens (tertiary/aromatic N) is 1. The molecule has 5 heteroatoms. The number of ether oxygens (including phenoxy) is 1. The van der Waals surface area contributed by atoms with E-state index in [1.165, 1.54) is 0 Å². The van der Waals surface area contributed by atoms with Gasteiger partial charge >= 0.3 is 0 Å². The average Bonchev–Trinajstić information content (AvgIpc) is 2.83. The van der Waals surface area contributed by atoms with Crippen molar-refractivity contribution in [1.82, 2.24) is 4.98 Å². The summed E-state index contributed by atoms with van der Waals surface area (Å²) in [7, 11) is 1.62. The Kier molecular flexibility index (Phi) is 3.47. The van der Waals surface area contributed by atoms with Crippen LogP contribution in [0.5, 0.6) is 11.6 Å². The number of aromatic amines is 1. The quantitative estimate of drug-likeness (QED) is 0.510. The summed E-state index contributed by atoms with van der Waals surface area (Å²) in [5.41, 5.74) is 9.47. The second-order valence-electron chi connectivity index (χ2n) is 5.05. The molecule has 0 saturated heterocycles. The number of nitrogens with two attached hydrogens (primary N) is 1. The second kappa shape index (κ2) is 5.44. The maximum Gasteiger partial charge on any atom is 0.198 e. The third kappa shape index (κ3) is 2.48. The zero-order chi connectivity index (χ0) is 15.7. The summed E-state index contributed by atoms with van der Waals surface area (Å²) in [6, 6.07) is 12.9. The van der Waals surface area contributed by atoms with E-state index < -0.39 is 0 Å². The maximum absolute atomic E-state index is 10.2. The van der Waals surface area contributed by atoms with Gasteiger partial charge in [-0.1, -0.05) is 0 Å². The number of aromatic nitrogens is 1. The molecule has 5 nitrogen and oxygen atoms in total. The molecule has 22 heavy (non-hydrogen) atoms. The Morgan fingerprint density at radius 1 is 1.18 bits per heavy atom. The fourth-order valence-corrected chi connectivity index (χ4v) is 2.47. The molecule has 0 amide bonds. The van der Waals surface area contributed by atoms with Gasteiger partial charge in [-0.25, -0.2) is 0 Å². The number of benzene rings is 2. The van der Waals surface area contributed by atoms with Gasteiger partial charge in [0.2, 0.25) is 0 Å². The number of fused-ring (bicyclic) bond motifs is 1. The number of hydrogen-bond donors (Lipinski definition) is 3. The van der Waals surface area contributed by atoms with Crippen LogP contribution in [0.15, 0.2) is 47.5 Å². The summed E-state index contributed by atoms with van der Waals surface area (Å²) in [5.74, 6) is 0.870. The first-order chi connectivity index (χ1) is 10.6. The Morgan fingerprint density at radius 3 is 2.59 bits per heavy atom. The van der Waals surface area contributed by atoms with Crippen LogP contribution < -0.4 is 10.5 Å². The van der Waals surface area contributed by atoms with Gasteiger partial charge < -0.3 is 20.6 Å². The largest absolute Gasteiger partial charge is 0.497 e. The van der Waals surface area contributed by atoms with Crippen molar-refractivity contribution in [2.24, 2.45) is 4.99 Å². The molecule has 0 unspecified atom stereocenters. The van der Waals surface area contributed by atoms with E-state index in [1.807, 2.05) is 43.3 Å². The van der Waals surface area contributed by atoms with Gasteiger partial charge in [0.15, 0.2) is 5.88 Å². The van der Waals surface area contributed by atoms with E-state index in [2.05, 4.69) is 9.98 Å². The van der Waals surface area contributed by atoms with Crippen LogP contribution in [0.4, 0.5) is 11.4 Å². The van der Waals surface area contributed by atoms with Crippen molar-refractivity contribution in [3.8, 4) is 11.6 Å². The molecule has 0 spiro atoms. The first-order valence-electron chi connectivity index (χ1n) is 6.88. The number of nitrogens with one attached hydrogen (secondary N) is 1. The topological polar surface area (TPSA) is 83.6 Å². The van der Waals surface area contributed by atoms with Crippen molar-refractivity contribution in [2.75, 3.05) is 12.8 Å². The van der Waals surface area contributed by atoms with Crippen molar-refractivity contribution in [2.45, 2.75) is 6.92 Å². The normalized spacial score (nSPS) is 11.8. The molecule has 0 bridgehead atoms. The fraction of sp³-hybridized carbons (Fsp3) is 0.118. The standard InChI is InChI=1S/C17H17N3O2/c1-10(19-12-4-6-13(22-2)7-5-12)16-14-9-11(18)3-8-15(14)20-17(16)21/h3-9,20-21H,18H2,1-2H3. The van der Waals surface area contributed by atoms with Gasteiger partial charge in [0.1, 0.15) is 5.75 Å². The molecular weight excluding hydrogens is 278 g/mol.